The van der Waals surface area contributed by atoms with Crippen LogP contribution < -0.4 is 4.90 Å². The number of anilines is 1. The molecule has 0 heterocycles. The number of carboxylic acid groups (broad SMARTS) is 1. The number of para-hydroxylation sites is 1. The summed E-state index contributed by atoms with van der Waals surface area (Å²) < 4.78 is 0. The number of aromatic carboxylic acids is 1. The lowest BCUT2D eigenvalue weighted by Crippen LogP contribution is -2.19. The Balaban J connectivity index is 3.06. The van der Waals surface area contributed by atoms with Gasteiger partial charge in [-0.1, -0.05) is 18.2 Å². The fourth-order valence-corrected chi connectivity index (χ4v) is 1.28. The van der Waals surface area contributed by atoms with Gasteiger partial charge in [0.2, 0.25) is 0 Å². The van der Waals surface area contributed by atoms with E-state index in [0.717, 1.165) is 0 Å². The van der Waals surface area contributed by atoms with Crippen LogP contribution in [0.3, 0.4) is 0 Å². The predicted molar refractivity (Wildman–Crippen MR) is 56.9 cm³/mol. The van der Waals surface area contributed by atoms with Gasteiger partial charge in [0.25, 0.3) is 0 Å². The molecule has 0 bridgehead atoms. The van der Waals surface area contributed by atoms with Crippen LogP contribution in [-0.4, -0.2) is 24.7 Å². The maximum atomic E-state index is 10.9. The van der Waals surface area contributed by atoms with Crippen LogP contribution in [0.1, 0.15) is 10.4 Å². The van der Waals surface area contributed by atoms with Crippen molar-refractivity contribution in [3.05, 3.63) is 42.5 Å². The zero-order valence-electron chi connectivity index (χ0n) is 8.10. The van der Waals surface area contributed by atoms with Crippen LogP contribution in [-0.2, 0) is 0 Å². The third-order valence-electron chi connectivity index (χ3n) is 1.95. The van der Waals surface area contributed by atoms with Gasteiger partial charge in [-0.2, -0.15) is 0 Å². The molecule has 3 nitrogen and oxygen atoms in total. The Morgan fingerprint density at radius 2 is 2.21 bits per heavy atom. The molecule has 1 aromatic carbocycles. The minimum atomic E-state index is -0.906. The molecule has 0 fully saturated rings. The summed E-state index contributed by atoms with van der Waals surface area (Å²) in [5.74, 6) is -0.906. The van der Waals surface area contributed by atoms with Gasteiger partial charge in [0.05, 0.1) is 11.3 Å². The number of carboxylic acids is 1. The summed E-state index contributed by atoms with van der Waals surface area (Å²) in [7, 11) is 1.84. The summed E-state index contributed by atoms with van der Waals surface area (Å²) in [5.41, 5.74) is 1.02. The summed E-state index contributed by atoms with van der Waals surface area (Å²) in [6.07, 6.45) is 1.73. The van der Waals surface area contributed by atoms with Crippen LogP contribution in [0.2, 0.25) is 0 Å². The highest BCUT2D eigenvalue weighted by Crippen LogP contribution is 2.18. The van der Waals surface area contributed by atoms with Crippen molar-refractivity contribution < 1.29 is 9.90 Å². The summed E-state index contributed by atoms with van der Waals surface area (Å²) in [6.45, 7) is 4.24. The van der Waals surface area contributed by atoms with Gasteiger partial charge in [-0.05, 0) is 12.1 Å². The first-order valence-corrected chi connectivity index (χ1v) is 4.31. The monoisotopic (exact) mass is 191 g/mol. The Bertz CT molecular complexity index is 347. The zero-order chi connectivity index (χ0) is 10.6. The Morgan fingerprint density at radius 1 is 1.57 bits per heavy atom. The van der Waals surface area contributed by atoms with Gasteiger partial charge < -0.3 is 10.0 Å². The minimum absolute atomic E-state index is 0.317. The quantitative estimate of drug-likeness (QED) is 0.740. The van der Waals surface area contributed by atoms with E-state index in [4.69, 9.17) is 5.11 Å². The lowest BCUT2D eigenvalue weighted by molar-refractivity contribution is 0.0697. The third-order valence-corrected chi connectivity index (χ3v) is 1.95. The summed E-state index contributed by atoms with van der Waals surface area (Å²) >= 11 is 0. The molecule has 0 amide bonds. The van der Waals surface area contributed by atoms with Crippen molar-refractivity contribution in [3.8, 4) is 0 Å². The Morgan fingerprint density at radius 3 is 2.79 bits per heavy atom. The van der Waals surface area contributed by atoms with Crippen LogP contribution in [0.5, 0.6) is 0 Å². The topological polar surface area (TPSA) is 40.5 Å². The van der Waals surface area contributed by atoms with E-state index >= 15 is 0 Å². The first kappa shape index (κ1) is 10.3. The fraction of sp³-hybridized carbons (Fsp3) is 0.182. The Kier molecular flexibility index (Phi) is 3.29. The first-order chi connectivity index (χ1) is 6.66. The van der Waals surface area contributed by atoms with Crippen LogP contribution in [0, 0.1) is 0 Å². The molecule has 0 radical (unpaired) electrons. The molecule has 0 aromatic heterocycles. The molecule has 74 valence electrons. The van der Waals surface area contributed by atoms with Gasteiger partial charge >= 0.3 is 5.97 Å². The maximum absolute atomic E-state index is 10.9. The highest BCUT2D eigenvalue weighted by atomic mass is 16.4. The second-order valence-electron chi connectivity index (χ2n) is 2.99. The average Bonchev–Trinajstić information content (AvgIpc) is 2.18. The highest BCUT2D eigenvalue weighted by molar-refractivity contribution is 5.94. The van der Waals surface area contributed by atoms with Gasteiger partial charge in [-0.25, -0.2) is 4.79 Å². The van der Waals surface area contributed by atoms with Gasteiger partial charge in [0.15, 0.2) is 0 Å². The predicted octanol–water partition coefficient (Wildman–Crippen LogP) is 2.01. The van der Waals surface area contributed by atoms with E-state index < -0.39 is 5.97 Å². The molecule has 0 aliphatic rings. The van der Waals surface area contributed by atoms with Crippen LogP contribution >= 0.6 is 0 Å². The van der Waals surface area contributed by atoms with E-state index in [1.165, 1.54) is 0 Å². The lowest BCUT2D eigenvalue weighted by atomic mass is 10.1. The molecular weight excluding hydrogens is 178 g/mol. The summed E-state index contributed by atoms with van der Waals surface area (Å²) in [5, 5.41) is 8.93. The van der Waals surface area contributed by atoms with Gasteiger partial charge in [-0.15, -0.1) is 6.58 Å². The molecule has 1 N–H and O–H groups in total. The van der Waals surface area contributed by atoms with Crippen molar-refractivity contribution in [2.24, 2.45) is 0 Å². The fourth-order valence-electron chi connectivity index (χ4n) is 1.28. The van der Waals surface area contributed by atoms with Crippen molar-refractivity contribution in [2.45, 2.75) is 0 Å². The maximum Gasteiger partial charge on any atom is 0.337 e. The Hall–Kier alpha value is -1.77. The summed E-state index contributed by atoms with van der Waals surface area (Å²) in [6, 6.07) is 6.92. The second-order valence-corrected chi connectivity index (χ2v) is 2.99. The van der Waals surface area contributed by atoms with E-state index in [1.807, 2.05) is 18.0 Å². The highest BCUT2D eigenvalue weighted by Gasteiger charge is 2.10. The number of hydrogen-bond donors (Lipinski definition) is 1. The van der Waals surface area contributed by atoms with Crippen molar-refractivity contribution in [2.75, 3.05) is 18.5 Å². The van der Waals surface area contributed by atoms with Crippen molar-refractivity contribution in [3.63, 3.8) is 0 Å². The van der Waals surface area contributed by atoms with Crippen molar-refractivity contribution >= 4 is 11.7 Å². The normalized spacial score (nSPS) is 9.50. The second kappa shape index (κ2) is 4.46. The van der Waals surface area contributed by atoms with E-state index in [2.05, 4.69) is 6.58 Å². The molecule has 0 aliphatic heterocycles. The van der Waals surface area contributed by atoms with Gasteiger partial charge in [0.1, 0.15) is 0 Å². The largest absolute Gasteiger partial charge is 0.478 e. The molecule has 3 heteroatoms. The van der Waals surface area contributed by atoms with Gasteiger partial charge in [-0.3, -0.25) is 0 Å². The van der Waals surface area contributed by atoms with E-state index in [1.54, 1.807) is 24.3 Å². The first-order valence-electron chi connectivity index (χ1n) is 4.31. The zero-order valence-corrected chi connectivity index (χ0v) is 8.10. The molecule has 1 aromatic rings. The van der Waals surface area contributed by atoms with Crippen molar-refractivity contribution in [1.29, 1.82) is 0 Å². The van der Waals surface area contributed by atoms with E-state index in [0.29, 0.717) is 17.8 Å². The standard InChI is InChI=1S/C11H13NO2/c1-3-8-12(2)10-7-5-4-6-9(10)11(13)14/h3-7H,1,8H2,2H3,(H,13,14). The number of rotatable bonds is 4. The molecule has 14 heavy (non-hydrogen) atoms. The molecule has 0 spiro atoms. The molecule has 0 aliphatic carbocycles. The lowest BCUT2D eigenvalue weighted by Gasteiger charge is -2.18. The molecule has 1 rings (SSSR count). The number of carbonyl (C=O) groups is 1. The third kappa shape index (κ3) is 2.13. The summed E-state index contributed by atoms with van der Waals surface area (Å²) in [4.78, 5) is 12.7. The number of nitrogens with zero attached hydrogens (tertiary/aromatic N) is 1. The minimum Gasteiger partial charge on any atom is -0.478 e. The van der Waals surface area contributed by atoms with Crippen molar-refractivity contribution in [1.82, 2.24) is 0 Å². The van der Waals surface area contributed by atoms with Gasteiger partial charge in [0, 0.05) is 13.6 Å². The molecule has 0 saturated carbocycles. The SMILES string of the molecule is C=CCN(C)c1ccccc1C(=O)O. The van der Waals surface area contributed by atoms with Crippen LogP contribution in [0.15, 0.2) is 36.9 Å². The van der Waals surface area contributed by atoms with Crippen LogP contribution in [0.4, 0.5) is 5.69 Å². The number of benzene rings is 1. The molecule has 0 atom stereocenters. The number of hydrogen-bond acceptors (Lipinski definition) is 2. The molecule has 0 saturated heterocycles. The molecule has 0 unspecified atom stereocenters. The van der Waals surface area contributed by atoms with E-state index in [9.17, 15) is 4.79 Å². The van der Waals surface area contributed by atoms with Crippen LogP contribution in [0.25, 0.3) is 0 Å². The smallest absolute Gasteiger partial charge is 0.337 e. The average molecular weight is 191 g/mol. The molecular formula is C11H13NO2. The number of likely N-dealkylation sites (N-methyl/N-ethyl adjacent to an activating group) is 1. The van der Waals surface area contributed by atoms with E-state index in [-0.39, 0.29) is 0 Å². The Labute approximate surface area is 83.3 Å².